The lowest BCUT2D eigenvalue weighted by Gasteiger charge is -2.37. The van der Waals surface area contributed by atoms with Gasteiger partial charge in [-0.15, -0.1) is 24.0 Å². The molecule has 8 nitrogen and oxygen atoms in total. The van der Waals surface area contributed by atoms with Crippen LogP contribution in [0.25, 0.3) is 0 Å². The minimum Gasteiger partial charge on any atom is -0.497 e. The average molecular weight is 566 g/mol. The van der Waals surface area contributed by atoms with Gasteiger partial charge in [0, 0.05) is 77.8 Å². The molecular formula is C24H36IN7O. The Morgan fingerprint density at radius 2 is 1.61 bits per heavy atom. The van der Waals surface area contributed by atoms with E-state index >= 15 is 0 Å². The van der Waals surface area contributed by atoms with E-state index in [4.69, 9.17) is 9.72 Å². The van der Waals surface area contributed by atoms with Gasteiger partial charge in [0.1, 0.15) is 11.6 Å². The molecule has 0 aliphatic carbocycles. The van der Waals surface area contributed by atoms with Gasteiger partial charge in [-0.2, -0.15) is 0 Å². The first-order valence-electron chi connectivity index (χ1n) is 11.4. The molecule has 180 valence electrons. The number of rotatable bonds is 5. The van der Waals surface area contributed by atoms with E-state index in [-0.39, 0.29) is 24.0 Å². The molecule has 1 aromatic heterocycles. The zero-order chi connectivity index (χ0) is 22.3. The van der Waals surface area contributed by atoms with Crippen LogP contribution in [0.15, 0.2) is 47.6 Å². The van der Waals surface area contributed by atoms with E-state index in [0.29, 0.717) is 0 Å². The fourth-order valence-electron chi connectivity index (χ4n) is 4.23. The molecule has 2 fully saturated rings. The molecule has 1 N–H and O–H groups in total. The summed E-state index contributed by atoms with van der Waals surface area (Å²) in [5.74, 6) is 2.91. The number of pyridine rings is 1. The Kier molecular flexibility index (Phi) is 9.42. The van der Waals surface area contributed by atoms with Gasteiger partial charge in [0.15, 0.2) is 5.96 Å². The number of aliphatic imine (C=N–C) groups is 1. The summed E-state index contributed by atoms with van der Waals surface area (Å²) in [6.45, 7) is 8.79. The van der Waals surface area contributed by atoms with E-state index in [1.807, 2.05) is 25.4 Å². The summed E-state index contributed by atoms with van der Waals surface area (Å²) >= 11 is 0. The second kappa shape index (κ2) is 12.3. The van der Waals surface area contributed by atoms with Crippen LogP contribution in [0.1, 0.15) is 5.56 Å². The second-order valence-electron chi connectivity index (χ2n) is 8.39. The van der Waals surface area contributed by atoms with E-state index in [9.17, 15) is 0 Å². The van der Waals surface area contributed by atoms with E-state index in [2.05, 4.69) is 61.2 Å². The number of hydrogen-bond donors (Lipinski definition) is 1. The van der Waals surface area contributed by atoms with Crippen molar-refractivity contribution in [2.45, 2.75) is 6.54 Å². The number of likely N-dealkylation sites (N-methyl/N-ethyl adjacent to an activating group) is 1. The molecule has 4 rings (SSSR count). The maximum Gasteiger partial charge on any atom is 0.194 e. The van der Waals surface area contributed by atoms with Crippen LogP contribution >= 0.6 is 24.0 Å². The Hall–Kier alpha value is -2.27. The van der Waals surface area contributed by atoms with Crippen molar-refractivity contribution >= 4 is 41.4 Å². The standard InChI is InChI=1S/C24H35N7O.HI/c1-25-24(31-16-14-29(15-17-31)21-5-7-22(32-3)8-6-21)27-19-20-4-9-23(26-18-20)30-12-10-28(2)11-13-30;/h4-9,18H,10-17,19H2,1-3H3,(H,25,27);1H. The highest BCUT2D eigenvalue weighted by Crippen LogP contribution is 2.20. The molecule has 1 aromatic carbocycles. The summed E-state index contributed by atoms with van der Waals surface area (Å²) in [7, 11) is 5.72. The Morgan fingerprint density at radius 3 is 2.18 bits per heavy atom. The number of ether oxygens (including phenoxy) is 1. The molecule has 0 unspecified atom stereocenters. The van der Waals surface area contributed by atoms with Gasteiger partial charge in [-0.3, -0.25) is 4.99 Å². The van der Waals surface area contributed by atoms with Gasteiger partial charge in [0.25, 0.3) is 0 Å². The fraction of sp³-hybridized carbons (Fsp3) is 0.500. The predicted octanol–water partition coefficient (Wildman–Crippen LogP) is 2.36. The first-order valence-corrected chi connectivity index (χ1v) is 11.4. The third kappa shape index (κ3) is 6.63. The fourth-order valence-corrected chi connectivity index (χ4v) is 4.23. The summed E-state index contributed by atoms with van der Waals surface area (Å²) in [5.41, 5.74) is 2.40. The SMILES string of the molecule is CN=C(NCc1ccc(N2CCN(C)CC2)nc1)N1CCN(c2ccc(OC)cc2)CC1.I. The maximum absolute atomic E-state index is 5.26. The molecule has 0 radical (unpaired) electrons. The second-order valence-corrected chi connectivity index (χ2v) is 8.39. The topological polar surface area (TPSA) is 59.5 Å². The van der Waals surface area contributed by atoms with Crippen LogP contribution in [0.3, 0.4) is 0 Å². The molecule has 0 saturated carbocycles. The minimum atomic E-state index is 0. The third-order valence-electron chi connectivity index (χ3n) is 6.32. The van der Waals surface area contributed by atoms with E-state index < -0.39 is 0 Å². The van der Waals surface area contributed by atoms with E-state index in [1.165, 1.54) is 11.3 Å². The molecule has 9 heteroatoms. The van der Waals surface area contributed by atoms with Gasteiger partial charge < -0.3 is 29.7 Å². The van der Waals surface area contributed by atoms with Gasteiger partial charge in [-0.25, -0.2) is 4.98 Å². The average Bonchev–Trinajstić information content (AvgIpc) is 2.86. The van der Waals surface area contributed by atoms with Crippen molar-refractivity contribution in [2.24, 2.45) is 4.99 Å². The highest BCUT2D eigenvalue weighted by molar-refractivity contribution is 14.0. The number of hydrogen-bond acceptors (Lipinski definition) is 6. The maximum atomic E-state index is 5.26. The number of methoxy groups -OCH3 is 1. The molecule has 3 heterocycles. The Morgan fingerprint density at radius 1 is 0.939 bits per heavy atom. The number of nitrogens with one attached hydrogen (secondary N) is 1. The Balaban J connectivity index is 0.00000306. The van der Waals surface area contributed by atoms with E-state index in [1.54, 1.807) is 7.11 Å². The summed E-state index contributed by atoms with van der Waals surface area (Å²) in [4.78, 5) is 18.7. The first kappa shape index (κ1) is 25.4. The number of nitrogens with zero attached hydrogens (tertiary/aromatic N) is 6. The third-order valence-corrected chi connectivity index (χ3v) is 6.32. The zero-order valence-corrected chi connectivity index (χ0v) is 22.2. The van der Waals surface area contributed by atoms with Gasteiger partial charge in [0.05, 0.1) is 7.11 Å². The van der Waals surface area contributed by atoms with Crippen molar-refractivity contribution < 1.29 is 4.74 Å². The lowest BCUT2D eigenvalue weighted by atomic mass is 10.2. The molecule has 33 heavy (non-hydrogen) atoms. The predicted molar refractivity (Wildman–Crippen MR) is 146 cm³/mol. The smallest absolute Gasteiger partial charge is 0.194 e. The summed E-state index contributed by atoms with van der Waals surface area (Å²) in [5, 5.41) is 3.51. The van der Waals surface area contributed by atoms with Crippen LogP contribution in [-0.4, -0.2) is 94.3 Å². The quantitative estimate of drug-likeness (QED) is 0.340. The Labute approximate surface area is 214 Å². The summed E-state index contributed by atoms with van der Waals surface area (Å²) < 4.78 is 5.26. The molecule has 0 atom stereocenters. The first-order chi connectivity index (χ1) is 15.7. The van der Waals surface area contributed by atoms with Crippen molar-refractivity contribution in [3.05, 3.63) is 48.2 Å². The molecule has 0 bridgehead atoms. The van der Waals surface area contributed by atoms with Crippen molar-refractivity contribution in [3.8, 4) is 5.75 Å². The summed E-state index contributed by atoms with van der Waals surface area (Å²) in [6, 6.07) is 12.6. The monoisotopic (exact) mass is 565 g/mol. The highest BCUT2D eigenvalue weighted by Gasteiger charge is 2.20. The normalized spacial score (nSPS) is 17.5. The molecular weight excluding hydrogens is 529 g/mol. The minimum absolute atomic E-state index is 0. The number of halogens is 1. The van der Waals surface area contributed by atoms with Crippen LogP contribution in [0.5, 0.6) is 5.75 Å². The van der Waals surface area contributed by atoms with Crippen molar-refractivity contribution in [1.29, 1.82) is 0 Å². The Bertz CT molecular complexity index is 875. The van der Waals surface area contributed by atoms with Crippen LogP contribution < -0.4 is 19.9 Å². The molecule has 2 aromatic rings. The van der Waals surface area contributed by atoms with Crippen molar-refractivity contribution in [1.82, 2.24) is 20.1 Å². The molecule has 0 amide bonds. The van der Waals surface area contributed by atoms with Gasteiger partial charge in [0.2, 0.25) is 0 Å². The number of benzene rings is 1. The van der Waals surface area contributed by atoms with Crippen molar-refractivity contribution in [3.63, 3.8) is 0 Å². The zero-order valence-electron chi connectivity index (χ0n) is 19.9. The highest BCUT2D eigenvalue weighted by atomic mass is 127. The number of guanidine groups is 1. The number of piperazine rings is 2. The summed E-state index contributed by atoms with van der Waals surface area (Å²) in [6.07, 6.45) is 1.98. The van der Waals surface area contributed by atoms with Gasteiger partial charge in [-0.05, 0) is 42.9 Å². The lowest BCUT2D eigenvalue weighted by molar-refractivity contribution is 0.312. The van der Waals surface area contributed by atoms with Gasteiger partial charge in [-0.1, -0.05) is 6.07 Å². The molecule has 0 spiro atoms. The van der Waals surface area contributed by atoms with Crippen LogP contribution in [-0.2, 0) is 6.54 Å². The molecule has 2 aliphatic rings. The number of aromatic nitrogens is 1. The van der Waals surface area contributed by atoms with Crippen LogP contribution in [0.2, 0.25) is 0 Å². The largest absolute Gasteiger partial charge is 0.497 e. The number of anilines is 2. The lowest BCUT2D eigenvalue weighted by Crippen LogP contribution is -2.52. The molecule has 2 saturated heterocycles. The van der Waals surface area contributed by atoms with Crippen LogP contribution in [0, 0.1) is 0 Å². The van der Waals surface area contributed by atoms with E-state index in [0.717, 1.165) is 76.4 Å². The molecule has 2 aliphatic heterocycles. The van der Waals surface area contributed by atoms with Gasteiger partial charge >= 0.3 is 0 Å². The van der Waals surface area contributed by atoms with Crippen LogP contribution in [0.4, 0.5) is 11.5 Å². The van der Waals surface area contributed by atoms with Crippen molar-refractivity contribution in [2.75, 3.05) is 83.4 Å².